The fourth-order valence-corrected chi connectivity index (χ4v) is 3.23. The first-order valence-corrected chi connectivity index (χ1v) is 12.5. The topological polar surface area (TPSA) is 148 Å². The maximum atomic E-state index is 12.4. The normalized spacial score (nSPS) is 13.7. The summed E-state index contributed by atoms with van der Waals surface area (Å²) in [5.74, 6) is 6.06. The van der Waals surface area contributed by atoms with Crippen LogP contribution in [-0.4, -0.2) is 46.4 Å². The van der Waals surface area contributed by atoms with E-state index in [0.29, 0.717) is 35.7 Å². The van der Waals surface area contributed by atoms with Crippen LogP contribution < -0.4 is 22.2 Å². The van der Waals surface area contributed by atoms with E-state index < -0.39 is 12.2 Å². The van der Waals surface area contributed by atoms with Crippen LogP contribution in [0.4, 0.5) is 4.79 Å². The summed E-state index contributed by atoms with van der Waals surface area (Å²) in [6, 6.07) is 6.48. The monoisotopic (exact) mass is 537 g/mol. The summed E-state index contributed by atoms with van der Waals surface area (Å²) in [7, 11) is 1.49. The first kappa shape index (κ1) is 29.2. The lowest BCUT2D eigenvalue weighted by molar-refractivity contribution is 0.0953. The van der Waals surface area contributed by atoms with Gasteiger partial charge in [0.25, 0.3) is 5.91 Å². The molecule has 0 radical (unpaired) electrons. The van der Waals surface area contributed by atoms with Gasteiger partial charge >= 0.3 is 6.09 Å². The molecular weight excluding hydrogens is 505 g/mol. The van der Waals surface area contributed by atoms with Gasteiger partial charge < -0.3 is 15.8 Å². The van der Waals surface area contributed by atoms with Gasteiger partial charge in [0.1, 0.15) is 17.0 Å². The summed E-state index contributed by atoms with van der Waals surface area (Å²) >= 11 is 11.6. The lowest BCUT2D eigenvalue weighted by atomic mass is 10.0. The molecule has 12 heteroatoms. The van der Waals surface area contributed by atoms with Gasteiger partial charge in [0.05, 0.1) is 11.3 Å². The van der Waals surface area contributed by atoms with E-state index in [9.17, 15) is 9.59 Å². The van der Waals surface area contributed by atoms with E-state index in [0.717, 1.165) is 5.01 Å². The van der Waals surface area contributed by atoms with Crippen molar-refractivity contribution in [3.05, 3.63) is 64.5 Å². The van der Waals surface area contributed by atoms with Crippen molar-refractivity contribution in [2.75, 3.05) is 19.5 Å². The number of alkyl carbamates (subject to hydrolysis) is 1. The summed E-state index contributed by atoms with van der Waals surface area (Å²) in [5, 5.41) is 6.58. The van der Waals surface area contributed by atoms with Gasteiger partial charge in [0.2, 0.25) is 0 Å². The molecule has 2 aromatic heterocycles. The predicted octanol–water partition coefficient (Wildman–Crippen LogP) is 3.93. The minimum absolute atomic E-state index is 0.0614. The molecule has 0 aliphatic heterocycles. The Hall–Kier alpha value is -3.08. The van der Waals surface area contributed by atoms with Gasteiger partial charge in [-0.2, -0.15) is 0 Å². The van der Waals surface area contributed by atoms with Gasteiger partial charge in [0, 0.05) is 37.4 Å². The fraction of sp³-hybridized carbons (Fsp3) is 0.417. The predicted molar refractivity (Wildman–Crippen MR) is 141 cm³/mol. The molecule has 196 valence electrons. The van der Waals surface area contributed by atoms with Crippen LogP contribution in [0.25, 0.3) is 5.70 Å². The number of nitrogens with zero attached hydrogens (tertiary/aromatic N) is 3. The number of carbonyl (C=O) groups excluding carboxylic acids is 2. The number of hydrogen-bond acceptors (Lipinski definition) is 8. The van der Waals surface area contributed by atoms with Crippen LogP contribution in [0.3, 0.4) is 0 Å². The van der Waals surface area contributed by atoms with Crippen LogP contribution in [-0.2, 0) is 4.74 Å². The molecule has 2 heterocycles. The Morgan fingerprint density at radius 2 is 1.89 bits per heavy atom. The van der Waals surface area contributed by atoms with Crippen molar-refractivity contribution in [1.29, 1.82) is 0 Å². The third-order valence-corrected chi connectivity index (χ3v) is 5.82. The lowest BCUT2D eigenvalue weighted by Gasteiger charge is -2.21. The van der Waals surface area contributed by atoms with E-state index in [1.165, 1.54) is 45.1 Å². The highest BCUT2D eigenvalue weighted by molar-refractivity contribution is 6.30. The second-order valence-corrected chi connectivity index (χ2v) is 8.81. The number of hydrogen-bond donors (Lipinski definition) is 4. The van der Waals surface area contributed by atoms with Crippen molar-refractivity contribution in [3.63, 3.8) is 0 Å². The maximum absolute atomic E-state index is 12.4. The van der Waals surface area contributed by atoms with Crippen molar-refractivity contribution in [2.45, 2.75) is 45.1 Å². The molecule has 0 saturated heterocycles. The second kappa shape index (κ2) is 15.1. The first-order valence-electron chi connectivity index (χ1n) is 11.6. The number of hydrazine groups is 1. The molecule has 0 spiro atoms. The van der Waals surface area contributed by atoms with Gasteiger partial charge in [-0.15, -0.1) is 11.6 Å². The highest BCUT2D eigenvalue weighted by Crippen LogP contribution is 2.23. The number of amides is 2. The van der Waals surface area contributed by atoms with Gasteiger partial charge in [-0.3, -0.25) is 20.1 Å². The summed E-state index contributed by atoms with van der Waals surface area (Å²) in [6.45, 7) is 2.11. The minimum atomic E-state index is -0.803. The number of nitrogens with one attached hydrogen (secondary N) is 2. The number of halogens is 2. The lowest BCUT2D eigenvalue weighted by Crippen LogP contribution is -2.39. The zero-order valence-electron chi connectivity index (χ0n) is 20.5. The average Bonchev–Trinajstić information content (AvgIpc) is 2.81. The largest absolute Gasteiger partial charge is 0.441 e. The third kappa shape index (κ3) is 9.18. The van der Waals surface area contributed by atoms with E-state index in [4.69, 9.17) is 39.5 Å². The van der Waals surface area contributed by atoms with E-state index >= 15 is 0 Å². The van der Waals surface area contributed by atoms with E-state index in [1.54, 1.807) is 31.2 Å². The summed E-state index contributed by atoms with van der Waals surface area (Å²) in [4.78, 5) is 32.6. The van der Waals surface area contributed by atoms with Crippen LogP contribution in [0.15, 0.2) is 42.5 Å². The Morgan fingerprint density at radius 3 is 2.42 bits per heavy atom. The second-order valence-electron chi connectivity index (χ2n) is 8.07. The number of ether oxygens (including phenoxy) is 1. The molecule has 2 amide bonds. The van der Waals surface area contributed by atoms with Gasteiger partial charge in [-0.05, 0) is 31.5 Å². The maximum Gasteiger partial charge on any atom is 0.413 e. The Kier molecular flexibility index (Phi) is 12.2. The number of alkyl halides is 1. The number of rotatable bonds is 9. The Bertz CT molecular complexity index is 1020. The summed E-state index contributed by atoms with van der Waals surface area (Å²) < 4.78 is 5.35. The molecule has 2 aromatic rings. The van der Waals surface area contributed by atoms with Crippen molar-refractivity contribution in [1.82, 2.24) is 25.6 Å². The van der Waals surface area contributed by atoms with E-state index in [1.807, 2.05) is 0 Å². The van der Waals surface area contributed by atoms with Crippen molar-refractivity contribution in [3.8, 4) is 0 Å². The van der Waals surface area contributed by atoms with Crippen molar-refractivity contribution >= 4 is 40.9 Å². The van der Waals surface area contributed by atoms with Gasteiger partial charge in [0.15, 0.2) is 5.82 Å². The number of carbonyl (C=O) groups is 2. The first-order chi connectivity index (χ1) is 17.2. The van der Waals surface area contributed by atoms with Crippen molar-refractivity contribution in [2.24, 2.45) is 11.6 Å². The van der Waals surface area contributed by atoms with Crippen LogP contribution >= 0.6 is 23.2 Å². The molecule has 1 saturated carbocycles. The van der Waals surface area contributed by atoms with Crippen LogP contribution in [0.5, 0.6) is 0 Å². The zero-order valence-corrected chi connectivity index (χ0v) is 22.0. The number of nitrogens with two attached hydrogens (primary N) is 2. The molecule has 1 aliphatic rings. The third-order valence-electron chi connectivity index (χ3n) is 5.24. The molecule has 1 atom stereocenters. The Labute approximate surface area is 221 Å². The minimum Gasteiger partial charge on any atom is -0.441 e. The van der Waals surface area contributed by atoms with Gasteiger partial charge in [-0.1, -0.05) is 43.4 Å². The van der Waals surface area contributed by atoms with Crippen LogP contribution in [0, 0.1) is 0 Å². The molecular formula is C24H33Cl2N7O3. The van der Waals surface area contributed by atoms with Gasteiger partial charge in [-0.25, -0.2) is 15.6 Å². The standard InChI is InChI=1S/C20H25Cl2N7O3.C4H8/c1-12(14-5-3-9-25-17(14)22)32-20(31)28-18(29(2)24)16(23)15-7-6-13(11-27-15)19(30)26-10-4-8-21;1-2-4-3-1/h3,5-7,9,11-12H,4,8,10,23-24H2,1-2H3,(H,26,30)(H,28,31);1-4H2/b18-16-;. The SMILES string of the molecule is C1CCC1.CC(OC(=O)N/C(=C(/N)c1ccc(C(=O)NCCCCl)cn1)N(C)N)c1cccnc1Cl. The summed E-state index contributed by atoms with van der Waals surface area (Å²) in [5.41, 5.74) is 7.44. The number of pyridine rings is 2. The fourth-order valence-electron chi connectivity index (χ4n) is 2.83. The van der Waals surface area contributed by atoms with Crippen LogP contribution in [0.1, 0.15) is 66.7 Å². The highest BCUT2D eigenvalue weighted by atomic mass is 35.5. The number of aromatic nitrogens is 2. The van der Waals surface area contributed by atoms with E-state index in [2.05, 4.69) is 20.6 Å². The molecule has 6 N–H and O–H groups in total. The average molecular weight is 538 g/mol. The molecule has 3 rings (SSSR count). The highest BCUT2D eigenvalue weighted by Gasteiger charge is 2.19. The Balaban J connectivity index is 0.00000103. The summed E-state index contributed by atoms with van der Waals surface area (Å²) in [6.07, 6.45) is 8.09. The smallest absolute Gasteiger partial charge is 0.413 e. The molecule has 0 aromatic carbocycles. The molecule has 36 heavy (non-hydrogen) atoms. The molecule has 1 fully saturated rings. The molecule has 0 bridgehead atoms. The van der Waals surface area contributed by atoms with E-state index in [-0.39, 0.29) is 22.6 Å². The molecule has 1 aliphatic carbocycles. The molecule has 1 unspecified atom stereocenters. The zero-order chi connectivity index (χ0) is 26.5. The van der Waals surface area contributed by atoms with Crippen molar-refractivity contribution < 1.29 is 14.3 Å². The quantitative estimate of drug-likeness (QED) is 0.123. The van der Waals surface area contributed by atoms with Crippen LogP contribution in [0.2, 0.25) is 5.15 Å². The Morgan fingerprint density at radius 1 is 1.19 bits per heavy atom. The molecule has 10 nitrogen and oxygen atoms in total.